The predicted molar refractivity (Wildman–Crippen MR) is 99.6 cm³/mol. The molecule has 1 fully saturated rings. The molecule has 1 aliphatic carbocycles. The third kappa shape index (κ3) is 4.43. The maximum absolute atomic E-state index is 5.49. The highest BCUT2D eigenvalue weighted by Crippen LogP contribution is 2.31. The summed E-state index contributed by atoms with van der Waals surface area (Å²) in [6.07, 6.45) is 6.49. The molecule has 122 valence electrons. The Morgan fingerprint density at radius 3 is 2.23 bits per heavy atom. The Morgan fingerprint density at radius 1 is 1.09 bits per heavy atom. The number of hydrogen-bond donors (Lipinski definition) is 2. The quantitative estimate of drug-likeness (QED) is 0.824. The van der Waals surface area contributed by atoms with Crippen LogP contribution in [0.2, 0.25) is 0 Å². The average Bonchev–Trinajstić information content (AvgIpc) is 2.45. The van der Waals surface area contributed by atoms with Crippen molar-refractivity contribution in [1.82, 2.24) is 10.2 Å². The summed E-state index contributed by atoms with van der Waals surface area (Å²) in [4.78, 5) is 2.37. The SMILES string of the molecule is Cc1cc(C)cc(NC(=S)NCC2(N(C)C)CCCCC2)c1. The Kier molecular flexibility index (Phi) is 5.81. The van der Waals surface area contributed by atoms with Gasteiger partial charge in [0.15, 0.2) is 5.11 Å². The van der Waals surface area contributed by atoms with E-state index in [-0.39, 0.29) is 5.54 Å². The van der Waals surface area contributed by atoms with Crippen molar-refractivity contribution in [1.29, 1.82) is 0 Å². The molecular weight excluding hydrogens is 290 g/mol. The van der Waals surface area contributed by atoms with Gasteiger partial charge in [-0.2, -0.15) is 0 Å². The molecule has 0 aromatic heterocycles. The van der Waals surface area contributed by atoms with Crippen LogP contribution in [-0.2, 0) is 0 Å². The lowest BCUT2D eigenvalue weighted by molar-refractivity contribution is 0.104. The first-order chi connectivity index (χ1) is 10.4. The zero-order valence-corrected chi connectivity index (χ0v) is 15.1. The van der Waals surface area contributed by atoms with Crippen LogP contribution in [0.3, 0.4) is 0 Å². The summed E-state index contributed by atoms with van der Waals surface area (Å²) >= 11 is 5.49. The monoisotopic (exact) mass is 319 g/mol. The van der Waals surface area contributed by atoms with Gasteiger partial charge in [0.25, 0.3) is 0 Å². The van der Waals surface area contributed by atoms with E-state index in [1.165, 1.54) is 43.2 Å². The van der Waals surface area contributed by atoms with E-state index in [0.29, 0.717) is 0 Å². The number of benzene rings is 1. The molecule has 0 aliphatic heterocycles. The van der Waals surface area contributed by atoms with Crippen LogP contribution in [0.5, 0.6) is 0 Å². The van der Waals surface area contributed by atoms with Crippen LogP contribution in [0.15, 0.2) is 18.2 Å². The summed E-state index contributed by atoms with van der Waals surface area (Å²) in [5.74, 6) is 0. The van der Waals surface area contributed by atoms with Crippen LogP contribution >= 0.6 is 12.2 Å². The molecule has 1 aromatic carbocycles. The van der Waals surface area contributed by atoms with Gasteiger partial charge in [-0.1, -0.05) is 25.3 Å². The first-order valence-electron chi connectivity index (χ1n) is 8.22. The first-order valence-corrected chi connectivity index (χ1v) is 8.63. The molecule has 1 aromatic rings. The number of nitrogens with zero attached hydrogens (tertiary/aromatic N) is 1. The fraction of sp³-hybridized carbons (Fsp3) is 0.611. The summed E-state index contributed by atoms with van der Waals surface area (Å²) in [6.45, 7) is 5.13. The molecule has 1 aliphatic rings. The predicted octanol–water partition coefficient (Wildman–Crippen LogP) is 3.85. The Balaban J connectivity index is 1.93. The second-order valence-electron chi connectivity index (χ2n) is 6.86. The van der Waals surface area contributed by atoms with E-state index in [0.717, 1.165) is 17.3 Å². The molecule has 0 unspecified atom stereocenters. The normalized spacial score (nSPS) is 17.3. The van der Waals surface area contributed by atoms with Crippen molar-refractivity contribution in [2.24, 2.45) is 0 Å². The number of nitrogens with one attached hydrogen (secondary N) is 2. The fourth-order valence-electron chi connectivity index (χ4n) is 3.46. The van der Waals surface area contributed by atoms with E-state index >= 15 is 0 Å². The lowest BCUT2D eigenvalue weighted by Crippen LogP contribution is -2.54. The molecule has 0 atom stereocenters. The Labute approximate surface area is 140 Å². The summed E-state index contributed by atoms with van der Waals surface area (Å²) in [7, 11) is 4.38. The third-order valence-corrected chi connectivity index (χ3v) is 5.04. The molecule has 0 bridgehead atoms. The molecule has 0 radical (unpaired) electrons. The molecule has 0 amide bonds. The zero-order chi connectivity index (χ0) is 16.2. The van der Waals surface area contributed by atoms with Gasteiger partial charge < -0.3 is 15.5 Å². The first kappa shape index (κ1) is 17.2. The molecule has 1 saturated carbocycles. The summed E-state index contributed by atoms with van der Waals surface area (Å²) < 4.78 is 0. The summed E-state index contributed by atoms with van der Waals surface area (Å²) in [5, 5.41) is 7.48. The van der Waals surface area contributed by atoms with Crippen molar-refractivity contribution in [3.05, 3.63) is 29.3 Å². The summed E-state index contributed by atoms with van der Waals surface area (Å²) in [6, 6.07) is 6.43. The lowest BCUT2D eigenvalue weighted by atomic mass is 9.80. The van der Waals surface area contributed by atoms with Crippen molar-refractivity contribution < 1.29 is 0 Å². The van der Waals surface area contributed by atoms with E-state index in [1.54, 1.807) is 0 Å². The second kappa shape index (κ2) is 7.42. The van der Waals surface area contributed by atoms with Crippen molar-refractivity contribution in [2.75, 3.05) is 26.0 Å². The maximum atomic E-state index is 5.49. The largest absolute Gasteiger partial charge is 0.361 e. The van der Waals surface area contributed by atoms with Gasteiger partial charge in [0.2, 0.25) is 0 Å². The molecule has 4 heteroatoms. The number of aryl methyl sites for hydroxylation is 2. The van der Waals surface area contributed by atoms with Gasteiger partial charge in [0.05, 0.1) is 0 Å². The van der Waals surface area contributed by atoms with Gasteiger partial charge in [0, 0.05) is 17.8 Å². The fourth-order valence-corrected chi connectivity index (χ4v) is 3.65. The average molecular weight is 320 g/mol. The van der Waals surface area contributed by atoms with Crippen molar-refractivity contribution >= 4 is 23.0 Å². The van der Waals surface area contributed by atoms with Crippen LogP contribution < -0.4 is 10.6 Å². The van der Waals surface area contributed by atoms with E-state index in [2.05, 4.69) is 61.7 Å². The highest BCUT2D eigenvalue weighted by molar-refractivity contribution is 7.80. The standard InChI is InChI=1S/C18H29N3S/c1-14-10-15(2)12-16(11-14)20-17(22)19-13-18(21(3)4)8-6-5-7-9-18/h10-12H,5-9,13H2,1-4H3,(H2,19,20,22). The Morgan fingerprint density at radius 2 is 1.68 bits per heavy atom. The third-order valence-electron chi connectivity index (χ3n) is 4.79. The Bertz CT molecular complexity index is 499. The minimum atomic E-state index is 0.243. The van der Waals surface area contributed by atoms with Crippen molar-refractivity contribution in [2.45, 2.75) is 51.5 Å². The molecule has 0 heterocycles. The number of rotatable bonds is 4. The van der Waals surface area contributed by atoms with E-state index < -0.39 is 0 Å². The van der Waals surface area contributed by atoms with E-state index in [9.17, 15) is 0 Å². The topological polar surface area (TPSA) is 27.3 Å². The lowest BCUT2D eigenvalue weighted by Gasteiger charge is -2.43. The van der Waals surface area contributed by atoms with E-state index in [4.69, 9.17) is 12.2 Å². The van der Waals surface area contributed by atoms with Crippen molar-refractivity contribution in [3.63, 3.8) is 0 Å². The highest BCUT2D eigenvalue weighted by Gasteiger charge is 2.34. The smallest absolute Gasteiger partial charge is 0.170 e. The molecular formula is C18H29N3S. The second-order valence-corrected chi connectivity index (χ2v) is 7.27. The van der Waals surface area contributed by atoms with Crippen LogP contribution in [0.4, 0.5) is 5.69 Å². The zero-order valence-electron chi connectivity index (χ0n) is 14.3. The van der Waals surface area contributed by atoms with Gasteiger partial charge in [-0.15, -0.1) is 0 Å². The number of likely N-dealkylation sites (N-methyl/N-ethyl adjacent to an activating group) is 1. The maximum Gasteiger partial charge on any atom is 0.170 e. The van der Waals surface area contributed by atoms with Gasteiger partial charge in [-0.3, -0.25) is 0 Å². The van der Waals surface area contributed by atoms with Gasteiger partial charge in [-0.25, -0.2) is 0 Å². The molecule has 0 saturated heterocycles. The minimum Gasteiger partial charge on any atom is -0.361 e. The van der Waals surface area contributed by atoms with Crippen LogP contribution in [0.25, 0.3) is 0 Å². The molecule has 3 nitrogen and oxygen atoms in total. The number of hydrogen-bond acceptors (Lipinski definition) is 2. The molecule has 0 spiro atoms. The van der Waals surface area contributed by atoms with Gasteiger partial charge in [0.1, 0.15) is 0 Å². The van der Waals surface area contributed by atoms with E-state index in [1.807, 2.05) is 0 Å². The van der Waals surface area contributed by atoms with Crippen LogP contribution in [-0.4, -0.2) is 36.2 Å². The molecule has 2 rings (SSSR count). The van der Waals surface area contributed by atoms with Crippen LogP contribution in [0, 0.1) is 13.8 Å². The summed E-state index contributed by atoms with van der Waals surface area (Å²) in [5.41, 5.74) is 3.81. The molecule has 2 N–H and O–H groups in total. The van der Waals surface area contributed by atoms with Gasteiger partial charge in [-0.05, 0) is 76.3 Å². The minimum absolute atomic E-state index is 0.243. The van der Waals surface area contributed by atoms with Crippen molar-refractivity contribution in [3.8, 4) is 0 Å². The number of anilines is 1. The molecule has 22 heavy (non-hydrogen) atoms. The van der Waals surface area contributed by atoms with Crippen LogP contribution in [0.1, 0.15) is 43.2 Å². The number of thiocarbonyl (C=S) groups is 1. The Hall–Kier alpha value is -1.13. The van der Waals surface area contributed by atoms with Gasteiger partial charge >= 0.3 is 0 Å². The highest BCUT2D eigenvalue weighted by atomic mass is 32.1.